The normalized spacial score (nSPS) is 12.6. The van der Waals surface area contributed by atoms with Gasteiger partial charge < -0.3 is 14.5 Å². The van der Waals surface area contributed by atoms with Crippen LogP contribution in [0.5, 0.6) is 0 Å². The van der Waals surface area contributed by atoms with E-state index in [4.69, 9.17) is 9.15 Å². The molecule has 0 radical (unpaired) electrons. The van der Waals surface area contributed by atoms with E-state index in [9.17, 15) is 14.9 Å². The SMILES string of the molecule is C=CCn1c(=O)/c(=C/c2ccc(C)o2)s/c1=C(\C#N)C(=O)NCCOC. The summed E-state index contributed by atoms with van der Waals surface area (Å²) in [5, 5.41) is 12.0. The minimum absolute atomic E-state index is 0.125. The number of nitrogens with zero attached hydrogens (tertiary/aromatic N) is 2. The van der Waals surface area contributed by atoms with Gasteiger partial charge in [-0.25, -0.2) is 0 Å². The number of aromatic nitrogens is 1. The molecule has 0 aliphatic rings. The number of carbonyl (C=O) groups is 1. The monoisotopic (exact) mass is 373 g/mol. The fourth-order valence-corrected chi connectivity index (χ4v) is 3.30. The number of methoxy groups -OCH3 is 1. The van der Waals surface area contributed by atoms with Crippen molar-refractivity contribution in [2.45, 2.75) is 13.5 Å². The van der Waals surface area contributed by atoms with Crippen molar-refractivity contribution in [3.8, 4) is 6.07 Å². The minimum atomic E-state index is -0.552. The predicted molar refractivity (Wildman–Crippen MR) is 98.9 cm³/mol. The number of hydrogen-bond acceptors (Lipinski definition) is 6. The fraction of sp³-hybridized carbons (Fsp3) is 0.278. The number of allylic oxidation sites excluding steroid dienone is 1. The Morgan fingerprint density at radius 1 is 1.54 bits per heavy atom. The third kappa shape index (κ3) is 4.39. The maximum atomic E-state index is 12.7. The molecule has 2 heterocycles. The van der Waals surface area contributed by atoms with Crippen LogP contribution in [0.1, 0.15) is 11.5 Å². The average Bonchev–Trinajstić information content (AvgIpc) is 3.15. The van der Waals surface area contributed by atoms with Crippen molar-refractivity contribution < 1.29 is 13.9 Å². The van der Waals surface area contributed by atoms with Gasteiger partial charge in [0, 0.05) is 26.3 Å². The van der Waals surface area contributed by atoms with Gasteiger partial charge in [0.2, 0.25) is 0 Å². The molecule has 136 valence electrons. The number of hydrogen-bond donors (Lipinski definition) is 1. The summed E-state index contributed by atoms with van der Waals surface area (Å²) in [6, 6.07) is 5.43. The molecule has 1 amide bonds. The summed E-state index contributed by atoms with van der Waals surface area (Å²) in [5.41, 5.74) is -0.434. The van der Waals surface area contributed by atoms with E-state index in [1.165, 1.54) is 17.8 Å². The number of furan rings is 1. The van der Waals surface area contributed by atoms with E-state index in [0.717, 1.165) is 17.1 Å². The van der Waals surface area contributed by atoms with Crippen LogP contribution in [0.25, 0.3) is 11.6 Å². The van der Waals surface area contributed by atoms with Gasteiger partial charge in [0.15, 0.2) is 5.57 Å². The summed E-state index contributed by atoms with van der Waals surface area (Å²) in [6.07, 6.45) is 3.14. The van der Waals surface area contributed by atoms with Gasteiger partial charge in [-0.3, -0.25) is 14.2 Å². The summed E-state index contributed by atoms with van der Waals surface area (Å²) in [7, 11) is 1.51. The molecular formula is C18H19N3O4S. The zero-order valence-corrected chi connectivity index (χ0v) is 15.4. The molecule has 0 fully saturated rings. The van der Waals surface area contributed by atoms with Crippen molar-refractivity contribution in [3.05, 3.63) is 55.9 Å². The molecule has 1 N–H and O–H groups in total. The number of thiazole rings is 1. The van der Waals surface area contributed by atoms with Crippen LogP contribution in [-0.4, -0.2) is 30.7 Å². The second kappa shape index (κ2) is 8.99. The van der Waals surface area contributed by atoms with Gasteiger partial charge in [0.1, 0.15) is 22.3 Å². The highest BCUT2D eigenvalue weighted by Crippen LogP contribution is 2.06. The quantitative estimate of drug-likeness (QED) is 0.555. The second-order valence-corrected chi connectivity index (χ2v) is 6.33. The van der Waals surface area contributed by atoms with Gasteiger partial charge >= 0.3 is 0 Å². The van der Waals surface area contributed by atoms with Crippen molar-refractivity contribution in [2.75, 3.05) is 20.3 Å². The molecule has 8 heteroatoms. The first-order valence-corrected chi connectivity index (χ1v) is 8.63. The van der Waals surface area contributed by atoms with Crippen LogP contribution in [0.2, 0.25) is 0 Å². The van der Waals surface area contributed by atoms with Crippen LogP contribution < -0.4 is 20.1 Å². The van der Waals surface area contributed by atoms with E-state index >= 15 is 0 Å². The molecule has 0 saturated carbocycles. The second-order valence-electron chi connectivity index (χ2n) is 5.30. The topological polar surface area (TPSA) is 97.3 Å². The Morgan fingerprint density at radius 2 is 2.31 bits per heavy atom. The van der Waals surface area contributed by atoms with Crippen LogP contribution in [0.15, 0.2) is 34.0 Å². The number of carbonyl (C=O) groups excluding carboxylic acids is 1. The maximum Gasteiger partial charge on any atom is 0.269 e. The lowest BCUT2D eigenvalue weighted by Crippen LogP contribution is -2.35. The van der Waals surface area contributed by atoms with Crippen molar-refractivity contribution in [1.29, 1.82) is 5.26 Å². The van der Waals surface area contributed by atoms with Crippen LogP contribution in [0, 0.1) is 18.3 Å². The lowest BCUT2D eigenvalue weighted by molar-refractivity contribution is -0.115. The van der Waals surface area contributed by atoms with E-state index in [1.807, 2.05) is 6.07 Å². The Hall–Kier alpha value is -2.89. The fourth-order valence-electron chi connectivity index (χ4n) is 2.21. The lowest BCUT2D eigenvalue weighted by Gasteiger charge is -2.03. The van der Waals surface area contributed by atoms with Crippen molar-refractivity contribution in [2.24, 2.45) is 0 Å². The van der Waals surface area contributed by atoms with Crippen molar-refractivity contribution >= 4 is 28.9 Å². The smallest absolute Gasteiger partial charge is 0.269 e. The number of amides is 1. The Bertz CT molecular complexity index is 1020. The number of aryl methyl sites for hydroxylation is 1. The van der Waals surface area contributed by atoms with Crippen molar-refractivity contribution in [1.82, 2.24) is 9.88 Å². The molecule has 2 aromatic heterocycles. The highest BCUT2D eigenvalue weighted by molar-refractivity contribution is 7.07. The average molecular weight is 373 g/mol. The molecule has 0 aromatic carbocycles. The Labute approximate surface area is 154 Å². The predicted octanol–water partition coefficient (Wildman–Crippen LogP) is 0.263. The summed E-state index contributed by atoms with van der Waals surface area (Å²) in [5.74, 6) is 0.700. The summed E-state index contributed by atoms with van der Waals surface area (Å²) >= 11 is 1.07. The Kier molecular flexibility index (Phi) is 6.72. The third-order valence-corrected chi connectivity index (χ3v) is 4.53. The summed E-state index contributed by atoms with van der Waals surface area (Å²) in [4.78, 5) is 25.0. The Morgan fingerprint density at radius 3 is 2.88 bits per heavy atom. The first-order chi connectivity index (χ1) is 12.5. The molecule has 0 bridgehead atoms. The van der Waals surface area contributed by atoms with Gasteiger partial charge in [0.05, 0.1) is 11.1 Å². The highest BCUT2D eigenvalue weighted by atomic mass is 32.1. The van der Waals surface area contributed by atoms with Gasteiger partial charge in [-0.15, -0.1) is 17.9 Å². The summed E-state index contributed by atoms with van der Waals surface area (Å²) < 4.78 is 12.3. The van der Waals surface area contributed by atoms with E-state index in [2.05, 4.69) is 11.9 Å². The van der Waals surface area contributed by atoms with Gasteiger partial charge in [-0.1, -0.05) is 6.08 Å². The zero-order chi connectivity index (χ0) is 19.1. The Balaban J connectivity index is 2.63. The minimum Gasteiger partial charge on any atom is -0.462 e. The molecule has 0 atom stereocenters. The highest BCUT2D eigenvalue weighted by Gasteiger charge is 2.15. The molecule has 0 aliphatic carbocycles. The van der Waals surface area contributed by atoms with Crippen LogP contribution >= 0.6 is 11.3 Å². The van der Waals surface area contributed by atoms with Gasteiger partial charge in [-0.05, 0) is 19.1 Å². The standard InChI is InChI=1S/C18H19N3O4S/c1-4-8-21-17(23)15(10-13-6-5-12(2)25-13)26-18(21)14(11-19)16(22)20-7-9-24-3/h4-6,10H,1,7-9H2,2-3H3,(H,20,22)/b15-10-,18-14+. The summed E-state index contributed by atoms with van der Waals surface area (Å²) in [6.45, 7) is 6.21. The van der Waals surface area contributed by atoms with Crippen LogP contribution in [0.3, 0.4) is 0 Å². The molecular weight excluding hydrogens is 354 g/mol. The number of rotatable bonds is 7. The molecule has 2 rings (SSSR count). The molecule has 0 spiro atoms. The molecule has 0 unspecified atom stereocenters. The molecule has 7 nitrogen and oxygen atoms in total. The van der Waals surface area contributed by atoms with E-state index in [-0.39, 0.29) is 28.9 Å². The third-order valence-electron chi connectivity index (χ3n) is 3.40. The van der Waals surface area contributed by atoms with E-state index in [0.29, 0.717) is 16.9 Å². The van der Waals surface area contributed by atoms with E-state index < -0.39 is 5.91 Å². The maximum absolute atomic E-state index is 12.7. The first-order valence-electron chi connectivity index (χ1n) is 7.82. The van der Waals surface area contributed by atoms with Crippen LogP contribution in [0.4, 0.5) is 0 Å². The first kappa shape index (κ1) is 19.4. The molecule has 0 aliphatic heterocycles. The number of ether oxygens (including phenoxy) is 1. The van der Waals surface area contributed by atoms with Gasteiger partial charge in [-0.2, -0.15) is 5.26 Å². The number of nitriles is 1. The molecule has 26 heavy (non-hydrogen) atoms. The number of nitrogens with one attached hydrogen (secondary N) is 1. The molecule has 0 saturated heterocycles. The molecule has 2 aromatic rings. The van der Waals surface area contributed by atoms with Crippen LogP contribution in [-0.2, 0) is 16.1 Å². The van der Waals surface area contributed by atoms with Gasteiger partial charge in [0.25, 0.3) is 11.5 Å². The lowest BCUT2D eigenvalue weighted by atomic mass is 10.3. The van der Waals surface area contributed by atoms with E-state index in [1.54, 1.807) is 25.1 Å². The largest absolute Gasteiger partial charge is 0.462 e. The zero-order valence-electron chi connectivity index (χ0n) is 14.6. The van der Waals surface area contributed by atoms with Crippen molar-refractivity contribution in [3.63, 3.8) is 0 Å².